The Bertz CT molecular complexity index is 396. The van der Waals surface area contributed by atoms with Crippen LogP contribution in [-0.4, -0.2) is 10.6 Å². The molecule has 15 heavy (non-hydrogen) atoms. The molecule has 0 aliphatic heterocycles. The summed E-state index contributed by atoms with van der Waals surface area (Å²) in [6, 6.07) is 10.3. The van der Waals surface area contributed by atoms with E-state index in [2.05, 4.69) is 35.0 Å². The molecular weight excluding hydrogens is 252 g/mol. The van der Waals surface area contributed by atoms with Crippen molar-refractivity contribution in [3.63, 3.8) is 0 Å². The summed E-state index contributed by atoms with van der Waals surface area (Å²) < 4.78 is 0. The maximum Gasteiger partial charge on any atom is 0.153 e. The first kappa shape index (κ1) is 10.9. The van der Waals surface area contributed by atoms with E-state index in [9.17, 15) is 4.79 Å². The predicted octanol–water partition coefficient (Wildman–Crippen LogP) is 3.32. The zero-order valence-electron chi connectivity index (χ0n) is 9.25. The quantitative estimate of drug-likeness (QED) is 0.713. The summed E-state index contributed by atoms with van der Waals surface area (Å²) in [5.41, 5.74) is 0.866. The highest BCUT2D eigenvalue weighted by atomic mass is 79.9. The fourth-order valence-electron chi connectivity index (χ4n) is 2.37. The molecule has 2 heteroatoms. The monoisotopic (exact) mass is 266 g/mol. The highest BCUT2D eigenvalue weighted by Gasteiger charge is 2.64. The fourth-order valence-corrected chi connectivity index (χ4v) is 3.77. The summed E-state index contributed by atoms with van der Waals surface area (Å²) in [5.74, 6) is 0.300. The van der Waals surface area contributed by atoms with Gasteiger partial charge in [0.1, 0.15) is 0 Å². The Morgan fingerprint density at radius 3 is 2.13 bits per heavy atom. The summed E-state index contributed by atoms with van der Waals surface area (Å²) in [6.45, 7) is 6.21. The van der Waals surface area contributed by atoms with Gasteiger partial charge in [-0.25, -0.2) is 0 Å². The van der Waals surface area contributed by atoms with Crippen LogP contribution in [0.25, 0.3) is 0 Å². The van der Waals surface area contributed by atoms with Crippen LogP contribution in [0.15, 0.2) is 30.3 Å². The third-order valence-electron chi connectivity index (χ3n) is 4.02. The lowest BCUT2D eigenvalue weighted by atomic mass is 9.48. The van der Waals surface area contributed by atoms with Gasteiger partial charge in [0.2, 0.25) is 0 Å². The van der Waals surface area contributed by atoms with Crippen molar-refractivity contribution in [3.05, 3.63) is 35.9 Å². The molecule has 1 aromatic rings. The fraction of sp³-hybridized carbons (Fsp3) is 0.462. The van der Waals surface area contributed by atoms with Crippen molar-refractivity contribution in [2.45, 2.75) is 31.0 Å². The Balaban J connectivity index is 2.49. The first-order chi connectivity index (χ1) is 6.92. The maximum absolute atomic E-state index is 11.8. The van der Waals surface area contributed by atoms with Gasteiger partial charge in [-0.3, -0.25) is 4.79 Å². The van der Waals surface area contributed by atoms with Gasteiger partial charge in [-0.1, -0.05) is 67.0 Å². The molecule has 1 aliphatic rings. The number of Topliss-reactive ketones (excluding diaryl/α,β-unsaturated/α-hetero) is 1. The lowest BCUT2D eigenvalue weighted by Crippen LogP contribution is -2.66. The lowest BCUT2D eigenvalue weighted by Gasteiger charge is -2.56. The van der Waals surface area contributed by atoms with Gasteiger partial charge in [-0.15, -0.1) is 0 Å². The molecule has 0 bridgehead atoms. The molecule has 80 valence electrons. The predicted molar refractivity (Wildman–Crippen MR) is 65.3 cm³/mol. The van der Waals surface area contributed by atoms with Crippen LogP contribution in [0.2, 0.25) is 0 Å². The third kappa shape index (κ3) is 1.17. The smallest absolute Gasteiger partial charge is 0.153 e. The second-order valence-electron chi connectivity index (χ2n) is 4.92. The minimum Gasteiger partial charge on any atom is -0.298 e. The van der Waals surface area contributed by atoms with Crippen LogP contribution in [0.1, 0.15) is 26.3 Å². The van der Waals surface area contributed by atoms with E-state index in [0.29, 0.717) is 5.78 Å². The topological polar surface area (TPSA) is 17.1 Å². The van der Waals surface area contributed by atoms with E-state index in [0.717, 1.165) is 0 Å². The van der Waals surface area contributed by atoms with Crippen molar-refractivity contribution in [3.8, 4) is 0 Å². The highest BCUT2D eigenvalue weighted by molar-refractivity contribution is 9.10. The largest absolute Gasteiger partial charge is 0.298 e. The Morgan fingerprint density at radius 2 is 1.67 bits per heavy atom. The van der Waals surface area contributed by atoms with Gasteiger partial charge in [0.05, 0.1) is 4.83 Å². The molecule has 0 saturated heterocycles. The minimum absolute atomic E-state index is 0.0533. The molecule has 0 N–H and O–H groups in total. The van der Waals surface area contributed by atoms with E-state index in [-0.39, 0.29) is 15.7 Å². The molecule has 1 fully saturated rings. The van der Waals surface area contributed by atoms with Crippen molar-refractivity contribution in [2.75, 3.05) is 0 Å². The summed E-state index contributed by atoms with van der Waals surface area (Å²) in [4.78, 5) is 11.8. The second-order valence-corrected chi connectivity index (χ2v) is 5.84. The Hall–Kier alpha value is -0.630. The van der Waals surface area contributed by atoms with Crippen LogP contribution in [0.3, 0.4) is 0 Å². The van der Waals surface area contributed by atoms with E-state index in [1.54, 1.807) is 0 Å². The number of benzene rings is 1. The van der Waals surface area contributed by atoms with Crippen LogP contribution in [0.4, 0.5) is 0 Å². The van der Waals surface area contributed by atoms with Crippen molar-refractivity contribution in [2.24, 2.45) is 5.41 Å². The molecular formula is C13H15BrO. The summed E-state index contributed by atoms with van der Waals surface area (Å²) in [5, 5.41) is 0. The molecule has 1 aromatic carbocycles. The van der Waals surface area contributed by atoms with E-state index in [4.69, 9.17) is 0 Å². The van der Waals surface area contributed by atoms with Gasteiger partial charge in [0, 0.05) is 10.8 Å². The first-order valence-electron chi connectivity index (χ1n) is 5.16. The zero-order chi connectivity index (χ0) is 11.3. The van der Waals surface area contributed by atoms with Gasteiger partial charge < -0.3 is 0 Å². The van der Waals surface area contributed by atoms with Crippen LogP contribution in [0, 0.1) is 5.41 Å². The Kier molecular flexibility index (Phi) is 2.30. The van der Waals surface area contributed by atoms with Crippen LogP contribution in [-0.2, 0) is 10.2 Å². The average Bonchev–Trinajstić information content (AvgIpc) is 2.27. The summed E-state index contributed by atoms with van der Waals surface area (Å²) in [7, 11) is 0. The number of rotatable bonds is 1. The number of carbonyl (C=O) groups excluding carboxylic acids is 1. The standard InChI is InChI=1S/C13H15BrO/c1-12(2)11(15)10(14)13(12,3)9-7-5-4-6-8-9/h4-8,10H,1-3H3. The van der Waals surface area contributed by atoms with E-state index in [1.807, 2.05) is 32.0 Å². The molecule has 2 rings (SSSR count). The third-order valence-corrected chi connectivity index (χ3v) is 5.36. The van der Waals surface area contributed by atoms with Crippen molar-refractivity contribution >= 4 is 21.7 Å². The molecule has 1 nitrogen and oxygen atoms in total. The van der Waals surface area contributed by atoms with Crippen molar-refractivity contribution in [1.82, 2.24) is 0 Å². The summed E-state index contributed by atoms with van der Waals surface area (Å²) in [6.07, 6.45) is 0. The average molecular weight is 267 g/mol. The highest BCUT2D eigenvalue weighted by Crippen LogP contribution is 2.57. The molecule has 2 unspecified atom stereocenters. The molecule has 0 heterocycles. The number of halogens is 1. The molecule has 1 aliphatic carbocycles. The number of ketones is 1. The maximum atomic E-state index is 11.8. The molecule has 1 saturated carbocycles. The number of hydrogen-bond donors (Lipinski definition) is 0. The summed E-state index contributed by atoms with van der Waals surface area (Å²) >= 11 is 3.51. The van der Waals surface area contributed by atoms with Crippen molar-refractivity contribution in [1.29, 1.82) is 0 Å². The van der Waals surface area contributed by atoms with Crippen molar-refractivity contribution < 1.29 is 4.79 Å². The molecule has 0 amide bonds. The van der Waals surface area contributed by atoms with E-state index in [1.165, 1.54) is 5.56 Å². The van der Waals surface area contributed by atoms with Gasteiger partial charge >= 0.3 is 0 Å². The van der Waals surface area contributed by atoms with Crippen LogP contribution >= 0.6 is 15.9 Å². The van der Waals surface area contributed by atoms with Gasteiger partial charge in [-0.05, 0) is 5.56 Å². The Labute approximate surface area is 99.0 Å². The molecule has 0 spiro atoms. The van der Waals surface area contributed by atoms with Gasteiger partial charge in [0.15, 0.2) is 5.78 Å². The SMILES string of the molecule is CC1(C)C(=O)C(Br)C1(C)c1ccccc1. The van der Waals surface area contributed by atoms with Gasteiger partial charge in [0.25, 0.3) is 0 Å². The number of alkyl halides is 1. The molecule has 0 radical (unpaired) electrons. The number of carbonyl (C=O) groups is 1. The van der Waals surface area contributed by atoms with Crippen LogP contribution < -0.4 is 0 Å². The normalized spacial score (nSPS) is 33.6. The molecule has 0 aromatic heterocycles. The van der Waals surface area contributed by atoms with Crippen LogP contribution in [0.5, 0.6) is 0 Å². The molecule has 2 atom stereocenters. The zero-order valence-corrected chi connectivity index (χ0v) is 10.8. The van der Waals surface area contributed by atoms with E-state index >= 15 is 0 Å². The minimum atomic E-state index is -0.275. The Morgan fingerprint density at radius 1 is 1.13 bits per heavy atom. The van der Waals surface area contributed by atoms with E-state index < -0.39 is 0 Å². The number of hydrogen-bond acceptors (Lipinski definition) is 1. The second kappa shape index (κ2) is 3.18. The van der Waals surface area contributed by atoms with Gasteiger partial charge in [-0.2, -0.15) is 0 Å². The first-order valence-corrected chi connectivity index (χ1v) is 6.08. The lowest BCUT2D eigenvalue weighted by molar-refractivity contribution is -0.143.